The zero-order valence-corrected chi connectivity index (χ0v) is 12.7. The molecule has 0 spiro atoms. The van der Waals surface area contributed by atoms with Crippen LogP contribution in [-0.2, 0) is 0 Å². The minimum Gasteiger partial charge on any atom is -0.284 e. The second-order valence-corrected chi connectivity index (χ2v) is 5.23. The molecule has 130 valence electrons. The molecular weight excluding hydrogens is 319 g/mol. The summed E-state index contributed by atoms with van der Waals surface area (Å²) < 4.78 is 40.8. The number of nitro groups is 2. The smallest absolute Gasteiger partial charge is 0.284 e. The van der Waals surface area contributed by atoms with Gasteiger partial charge in [-0.2, -0.15) is 13.2 Å². The van der Waals surface area contributed by atoms with E-state index in [9.17, 15) is 33.4 Å². The second-order valence-electron chi connectivity index (χ2n) is 5.23. The SMILES string of the molecule is CCCN(CCC)C1C([N+](=O)[O-])=CC=CC1([N+](=O)[O-])C(F)(F)F. The summed E-state index contributed by atoms with van der Waals surface area (Å²) >= 11 is 0. The van der Waals surface area contributed by atoms with Gasteiger partial charge in [0.1, 0.15) is 0 Å². The topological polar surface area (TPSA) is 89.5 Å². The Kier molecular flexibility index (Phi) is 5.86. The van der Waals surface area contributed by atoms with Crippen LogP contribution in [0.2, 0.25) is 0 Å². The highest BCUT2D eigenvalue weighted by atomic mass is 19.4. The van der Waals surface area contributed by atoms with Crippen molar-refractivity contribution in [3.63, 3.8) is 0 Å². The van der Waals surface area contributed by atoms with Crippen LogP contribution in [0.5, 0.6) is 0 Å². The molecule has 0 bridgehead atoms. The molecule has 0 N–H and O–H groups in total. The number of halogens is 3. The minimum atomic E-state index is -5.27. The van der Waals surface area contributed by atoms with E-state index in [-0.39, 0.29) is 13.1 Å². The van der Waals surface area contributed by atoms with Crippen LogP contribution in [0.3, 0.4) is 0 Å². The van der Waals surface area contributed by atoms with E-state index in [2.05, 4.69) is 0 Å². The zero-order chi connectivity index (χ0) is 17.8. The van der Waals surface area contributed by atoms with Crippen LogP contribution in [0.4, 0.5) is 13.2 Å². The molecule has 0 fully saturated rings. The van der Waals surface area contributed by atoms with E-state index in [0.717, 1.165) is 12.2 Å². The van der Waals surface area contributed by atoms with Crippen molar-refractivity contribution in [3.8, 4) is 0 Å². The van der Waals surface area contributed by atoms with Gasteiger partial charge in [-0.1, -0.05) is 19.9 Å². The number of nitrogens with zero attached hydrogens (tertiary/aromatic N) is 3. The molecule has 2 unspecified atom stereocenters. The molecule has 1 aliphatic rings. The first-order valence-electron chi connectivity index (χ1n) is 7.12. The lowest BCUT2D eigenvalue weighted by atomic mass is 9.82. The van der Waals surface area contributed by atoms with Gasteiger partial charge in [-0.3, -0.25) is 25.1 Å². The molecule has 0 radical (unpaired) electrons. The van der Waals surface area contributed by atoms with Gasteiger partial charge in [0.2, 0.25) is 0 Å². The van der Waals surface area contributed by atoms with Crippen molar-refractivity contribution in [1.82, 2.24) is 4.90 Å². The molecule has 23 heavy (non-hydrogen) atoms. The minimum absolute atomic E-state index is 0.0865. The largest absolute Gasteiger partial charge is 0.467 e. The van der Waals surface area contributed by atoms with Crippen LogP contribution in [0.1, 0.15) is 26.7 Å². The van der Waals surface area contributed by atoms with Crippen molar-refractivity contribution >= 4 is 0 Å². The number of hydrogen-bond acceptors (Lipinski definition) is 5. The number of allylic oxidation sites excluding steroid dienone is 2. The molecule has 0 saturated carbocycles. The lowest BCUT2D eigenvalue weighted by Gasteiger charge is -2.38. The van der Waals surface area contributed by atoms with Crippen molar-refractivity contribution in [3.05, 3.63) is 44.2 Å². The van der Waals surface area contributed by atoms with E-state index in [4.69, 9.17) is 0 Å². The highest BCUT2D eigenvalue weighted by molar-refractivity contribution is 5.31. The molecule has 0 heterocycles. The highest BCUT2D eigenvalue weighted by Gasteiger charge is 2.73. The number of hydrogen-bond donors (Lipinski definition) is 0. The van der Waals surface area contributed by atoms with E-state index >= 15 is 0 Å². The van der Waals surface area contributed by atoms with Gasteiger partial charge >= 0.3 is 11.7 Å². The quantitative estimate of drug-likeness (QED) is 0.526. The van der Waals surface area contributed by atoms with Crippen LogP contribution in [0, 0.1) is 20.2 Å². The first kappa shape index (κ1) is 19.1. The fourth-order valence-corrected chi connectivity index (χ4v) is 2.79. The van der Waals surface area contributed by atoms with Gasteiger partial charge in [-0.05, 0) is 25.9 Å². The molecule has 0 aromatic carbocycles. The normalized spacial score (nSPS) is 24.6. The van der Waals surface area contributed by atoms with Gasteiger partial charge in [-0.25, -0.2) is 0 Å². The third-order valence-electron chi connectivity index (χ3n) is 3.67. The maximum Gasteiger partial charge on any atom is 0.467 e. The molecule has 10 heteroatoms. The summed E-state index contributed by atoms with van der Waals surface area (Å²) in [6.45, 7) is 3.56. The summed E-state index contributed by atoms with van der Waals surface area (Å²) in [6, 6.07) is -2.00. The lowest BCUT2D eigenvalue weighted by Crippen LogP contribution is -2.66. The van der Waals surface area contributed by atoms with Crippen LogP contribution < -0.4 is 0 Å². The molecule has 7 nitrogen and oxygen atoms in total. The molecule has 0 aliphatic heterocycles. The predicted molar refractivity (Wildman–Crippen MR) is 75.9 cm³/mol. The summed E-state index contributed by atoms with van der Waals surface area (Å²) in [5.41, 5.74) is -4.35. The second kappa shape index (κ2) is 7.07. The maximum atomic E-state index is 13.6. The van der Waals surface area contributed by atoms with Gasteiger partial charge in [0.15, 0.2) is 6.04 Å². The fraction of sp³-hybridized carbons (Fsp3) is 0.692. The monoisotopic (exact) mass is 337 g/mol. The van der Waals surface area contributed by atoms with Gasteiger partial charge in [0.05, 0.1) is 4.92 Å². The first-order chi connectivity index (χ1) is 10.6. The summed E-state index contributed by atoms with van der Waals surface area (Å²) in [7, 11) is 0. The Morgan fingerprint density at radius 2 is 1.74 bits per heavy atom. The van der Waals surface area contributed by atoms with Gasteiger partial charge in [0, 0.05) is 17.1 Å². The molecule has 0 saturated heterocycles. The molecule has 0 aromatic rings. The standard InChI is InChI=1S/C13H18F3N3O4/c1-3-8-17(9-4-2)11-10(18(20)21)6-5-7-12(11,19(22)23)13(14,15)16/h5-7,11H,3-4,8-9H2,1-2H3. The predicted octanol–water partition coefficient (Wildman–Crippen LogP) is 2.79. The van der Waals surface area contributed by atoms with E-state index in [1.807, 2.05) is 0 Å². The molecule has 0 aromatic heterocycles. The Balaban J connectivity index is 3.59. The molecular formula is C13H18F3N3O4. The van der Waals surface area contributed by atoms with Crippen LogP contribution >= 0.6 is 0 Å². The molecule has 1 aliphatic carbocycles. The van der Waals surface area contributed by atoms with E-state index < -0.39 is 33.3 Å². The third kappa shape index (κ3) is 3.36. The summed E-state index contributed by atoms with van der Waals surface area (Å²) in [4.78, 5) is 21.3. The van der Waals surface area contributed by atoms with Gasteiger partial charge in [0.25, 0.3) is 5.70 Å². The van der Waals surface area contributed by atoms with Crippen molar-refractivity contribution in [2.24, 2.45) is 0 Å². The Morgan fingerprint density at radius 1 is 1.22 bits per heavy atom. The average Bonchev–Trinajstić information content (AvgIpc) is 2.44. The Labute approximate surface area is 130 Å². The van der Waals surface area contributed by atoms with Crippen molar-refractivity contribution in [1.29, 1.82) is 0 Å². The van der Waals surface area contributed by atoms with Crippen molar-refractivity contribution in [2.45, 2.75) is 44.4 Å². The van der Waals surface area contributed by atoms with Gasteiger partial charge < -0.3 is 0 Å². The molecule has 2 atom stereocenters. The lowest BCUT2D eigenvalue weighted by molar-refractivity contribution is -0.610. The van der Waals surface area contributed by atoms with E-state index in [1.54, 1.807) is 13.8 Å². The Hall–Kier alpha value is -1.97. The molecule has 0 amide bonds. The highest BCUT2D eigenvalue weighted by Crippen LogP contribution is 2.43. The maximum absolute atomic E-state index is 13.6. The summed E-state index contributed by atoms with van der Waals surface area (Å²) in [5, 5.41) is 22.6. The van der Waals surface area contributed by atoms with E-state index in [0.29, 0.717) is 18.9 Å². The zero-order valence-electron chi connectivity index (χ0n) is 12.7. The van der Waals surface area contributed by atoms with Crippen molar-refractivity contribution < 1.29 is 23.0 Å². The van der Waals surface area contributed by atoms with Gasteiger partial charge in [-0.15, -0.1) is 0 Å². The Bertz CT molecular complexity index is 527. The summed E-state index contributed by atoms with van der Waals surface area (Å²) in [5.74, 6) is 0. The van der Waals surface area contributed by atoms with Crippen LogP contribution in [0.25, 0.3) is 0 Å². The molecule has 1 rings (SSSR count). The summed E-state index contributed by atoms with van der Waals surface area (Å²) in [6.07, 6.45) is -2.40. The average molecular weight is 337 g/mol. The number of alkyl halides is 3. The third-order valence-corrected chi connectivity index (χ3v) is 3.67. The van der Waals surface area contributed by atoms with Crippen LogP contribution in [-0.4, -0.2) is 45.6 Å². The fourth-order valence-electron chi connectivity index (χ4n) is 2.79. The number of rotatable bonds is 7. The first-order valence-corrected chi connectivity index (χ1v) is 7.12. The Morgan fingerprint density at radius 3 is 2.09 bits per heavy atom. The van der Waals surface area contributed by atoms with Crippen molar-refractivity contribution in [2.75, 3.05) is 13.1 Å². The van der Waals surface area contributed by atoms with E-state index in [1.165, 1.54) is 4.90 Å². The van der Waals surface area contributed by atoms with Crippen LogP contribution in [0.15, 0.2) is 23.9 Å².